The Morgan fingerprint density at radius 1 is 1.27 bits per heavy atom. The number of aryl methyl sites for hydroxylation is 1. The molecule has 1 N–H and O–H groups in total. The molecule has 1 fully saturated rings. The Morgan fingerprint density at radius 3 is 2.64 bits per heavy atom. The molecule has 0 unspecified atom stereocenters. The Kier molecular flexibility index (Phi) is 4.20. The topological polar surface area (TPSA) is 63.1 Å². The van der Waals surface area contributed by atoms with Crippen molar-refractivity contribution in [3.63, 3.8) is 0 Å². The van der Waals surface area contributed by atoms with Crippen molar-refractivity contribution in [2.75, 3.05) is 20.1 Å². The summed E-state index contributed by atoms with van der Waals surface area (Å²) in [6.45, 7) is 3.95. The monoisotopic (exact) mass is 299 g/mol. The predicted octanol–water partition coefficient (Wildman–Crippen LogP) is 1.40. The van der Waals surface area contributed by atoms with E-state index in [1.165, 1.54) is 5.56 Å². The molecular weight excluding hydrogens is 278 g/mol. The lowest BCUT2D eigenvalue weighted by Gasteiger charge is -2.31. The average Bonchev–Trinajstić information content (AvgIpc) is 3.05. The Balaban J connectivity index is 1.75. The van der Waals surface area contributed by atoms with Crippen LogP contribution in [0.3, 0.4) is 0 Å². The molecule has 6 nitrogen and oxygen atoms in total. The van der Waals surface area contributed by atoms with Crippen molar-refractivity contribution in [2.24, 2.45) is 0 Å². The van der Waals surface area contributed by atoms with Gasteiger partial charge in [0.2, 0.25) is 0 Å². The third-order valence-electron chi connectivity index (χ3n) is 4.19. The highest BCUT2D eigenvalue weighted by molar-refractivity contribution is 5.92. The van der Waals surface area contributed by atoms with Crippen LogP contribution in [0.4, 0.5) is 0 Å². The molecule has 0 bridgehead atoms. The van der Waals surface area contributed by atoms with E-state index in [4.69, 9.17) is 0 Å². The number of carbonyl (C=O) groups is 1. The van der Waals surface area contributed by atoms with Crippen LogP contribution < -0.4 is 5.32 Å². The van der Waals surface area contributed by atoms with Crippen LogP contribution >= 0.6 is 0 Å². The molecule has 1 saturated heterocycles. The lowest BCUT2D eigenvalue weighted by Crippen LogP contribution is -2.44. The normalized spacial score (nSPS) is 15.7. The molecule has 6 heteroatoms. The Labute approximate surface area is 130 Å². The average molecular weight is 299 g/mol. The summed E-state index contributed by atoms with van der Waals surface area (Å²) in [7, 11) is 1.85. The van der Waals surface area contributed by atoms with Crippen LogP contribution in [0.2, 0.25) is 0 Å². The van der Waals surface area contributed by atoms with E-state index in [0.29, 0.717) is 5.69 Å². The molecular formula is C16H21N5O. The minimum atomic E-state index is -0.0646. The summed E-state index contributed by atoms with van der Waals surface area (Å²) in [6.07, 6.45) is 3.66. The van der Waals surface area contributed by atoms with Gasteiger partial charge in [-0.1, -0.05) is 22.9 Å². The maximum atomic E-state index is 12.5. The van der Waals surface area contributed by atoms with Gasteiger partial charge in [-0.3, -0.25) is 4.79 Å². The van der Waals surface area contributed by atoms with Gasteiger partial charge in [-0.15, -0.1) is 5.10 Å². The van der Waals surface area contributed by atoms with E-state index >= 15 is 0 Å². The number of carbonyl (C=O) groups excluding carboxylic acids is 1. The van der Waals surface area contributed by atoms with Gasteiger partial charge in [-0.25, -0.2) is 4.68 Å². The number of nitrogens with one attached hydrogen (secondary N) is 1. The Hall–Kier alpha value is -2.21. The van der Waals surface area contributed by atoms with Crippen LogP contribution in [-0.2, 0) is 0 Å². The lowest BCUT2D eigenvalue weighted by molar-refractivity contribution is 0.0697. The van der Waals surface area contributed by atoms with E-state index in [-0.39, 0.29) is 11.9 Å². The highest BCUT2D eigenvalue weighted by Gasteiger charge is 2.24. The minimum absolute atomic E-state index is 0.0646. The van der Waals surface area contributed by atoms with Gasteiger partial charge >= 0.3 is 0 Å². The van der Waals surface area contributed by atoms with Gasteiger partial charge in [-0.2, -0.15) is 0 Å². The van der Waals surface area contributed by atoms with Crippen molar-refractivity contribution in [3.05, 3.63) is 41.7 Å². The van der Waals surface area contributed by atoms with E-state index < -0.39 is 0 Å². The van der Waals surface area contributed by atoms with Gasteiger partial charge in [-0.05, 0) is 45.0 Å². The van der Waals surface area contributed by atoms with Crippen LogP contribution in [0.5, 0.6) is 0 Å². The first-order chi connectivity index (χ1) is 10.6. The fourth-order valence-corrected chi connectivity index (χ4v) is 2.73. The zero-order chi connectivity index (χ0) is 15.5. The molecule has 0 atom stereocenters. The fourth-order valence-electron chi connectivity index (χ4n) is 2.73. The van der Waals surface area contributed by atoms with Gasteiger partial charge in [0.15, 0.2) is 5.69 Å². The molecule has 0 spiro atoms. The summed E-state index contributed by atoms with van der Waals surface area (Å²) in [5.74, 6) is -0.0646. The number of nitrogens with zero attached hydrogens (tertiary/aromatic N) is 4. The fraction of sp³-hybridized carbons (Fsp3) is 0.438. The number of hydrogen-bond donors (Lipinski definition) is 1. The molecule has 3 rings (SSSR count). The van der Waals surface area contributed by atoms with Crippen molar-refractivity contribution >= 4 is 5.91 Å². The first-order valence-electron chi connectivity index (χ1n) is 7.62. The third kappa shape index (κ3) is 3.01. The number of piperidine rings is 1. The van der Waals surface area contributed by atoms with Crippen molar-refractivity contribution in [1.82, 2.24) is 25.2 Å². The molecule has 2 heterocycles. The predicted molar refractivity (Wildman–Crippen MR) is 84.1 cm³/mol. The van der Waals surface area contributed by atoms with Gasteiger partial charge in [0.25, 0.3) is 5.91 Å². The summed E-state index contributed by atoms with van der Waals surface area (Å²) in [6, 6.07) is 8.24. The summed E-state index contributed by atoms with van der Waals surface area (Å²) < 4.78 is 1.64. The zero-order valence-corrected chi connectivity index (χ0v) is 13.0. The molecule has 1 aromatic carbocycles. The quantitative estimate of drug-likeness (QED) is 0.930. The third-order valence-corrected chi connectivity index (χ3v) is 4.19. The summed E-state index contributed by atoms with van der Waals surface area (Å²) in [5.41, 5.74) is 2.48. The number of rotatable bonds is 3. The van der Waals surface area contributed by atoms with E-state index in [9.17, 15) is 4.79 Å². The molecule has 1 aliphatic heterocycles. The standard InChI is InChI=1S/C16H21N5O/c1-12-3-5-14(6-4-12)21-11-15(18-19-21)16(22)20(2)13-7-9-17-10-8-13/h3-6,11,13,17H,7-10H2,1-2H3. The maximum Gasteiger partial charge on any atom is 0.276 e. The van der Waals surface area contributed by atoms with Crippen LogP contribution in [-0.4, -0.2) is 52.0 Å². The number of amides is 1. The Morgan fingerprint density at radius 2 is 1.95 bits per heavy atom. The number of hydrogen-bond acceptors (Lipinski definition) is 4. The van der Waals surface area contributed by atoms with Gasteiger partial charge in [0, 0.05) is 13.1 Å². The SMILES string of the molecule is Cc1ccc(-n2cc(C(=O)N(C)C3CCNCC3)nn2)cc1. The largest absolute Gasteiger partial charge is 0.337 e. The second-order valence-corrected chi connectivity index (χ2v) is 5.78. The molecule has 0 saturated carbocycles. The van der Waals surface area contributed by atoms with Crippen LogP contribution in [0, 0.1) is 6.92 Å². The highest BCUT2D eigenvalue weighted by atomic mass is 16.2. The second kappa shape index (κ2) is 6.27. The number of benzene rings is 1. The molecule has 1 aliphatic rings. The van der Waals surface area contributed by atoms with Gasteiger partial charge in [0.1, 0.15) is 0 Å². The zero-order valence-electron chi connectivity index (χ0n) is 13.0. The van der Waals surface area contributed by atoms with Gasteiger partial charge in [0.05, 0.1) is 11.9 Å². The summed E-state index contributed by atoms with van der Waals surface area (Å²) in [4.78, 5) is 14.3. The van der Waals surface area contributed by atoms with Crippen LogP contribution in [0.25, 0.3) is 5.69 Å². The first kappa shape index (κ1) is 14.7. The Bertz CT molecular complexity index is 643. The molecule has 1 aromatic heterocycles. The van der Waals surface area contributed by atoms with Crippen molar-refractivity contribution in [2.45, 2.75) is 25.8 Å². The van der Waals surface area contributed by atoms with E-state index in [2.05, 4.69) is 15.6 Å². The van der Waals surface area contributed by atoms with E-state index in [0.717, 1.165) is 31.6 Å². The van der Waals surface area contributed by atoms with Crippen molar-refractivity contribution in [3.8, 4) is 5.69 Å². The molecule has 0 aliphatic carbocycles. The van der Waals surface area contributed by atoms with E-state index in [1.54, 1.807) is 15.8 Å². The molecule has 1 amide bonds. The van der Waals surface area contributed by atoms with Crippen molar-refractivity contribution < 1.29 is 4.79 Å². The van der Waals surface area contributed by atoms with E-state index in [1.807, 2.05) is 38.2 Å². The lowest BCUT2D eigenvalue weighted by atomic mass is 10.1. The maximum absolute atomic E-state index is 12.5. The second-order valence-electron chi connectivity index (χ2n) is 5.78. The highest BCUT2D eigenvalue weighted by Crippen LogP contribution is 2.14. The summed E-state index contributed by atoms with van der Waals surface area (Å²) >= 11 is 0. The van der Waals surface area contributed by atoms with Crippen molar-refractivity contribution in [1.29, 1.82) is 0 Å². The van der Waals surface area contributed by atoms with Crippen LogP contribution in [0.15, 0.2) is 30.5 Å². The molecule has 22 heavy (non-hydrogen) atoms. The van der Waals surface area contributed by atoms with Crippen LogP contribution in [0.1, 0.15) is 28.9 Å². The minimum Gasteiger partial charge on any atom is -0.337 e. The number of aromatic nitrogens is 3. The molecule has 0 radical (unpaired) electrons. The molecule has 116 valence electrons. The smallest absolute Gasteiger partial charge is 0.276 e. The molecule has 2 aromatic rings. The summed E-state index contributed by atoms with van der Waals surface area (Å²) in [5, 5.41) is 11.4. The first-order valence-corrected chi connectivity index (χ1v) is 7.62. The van der Waals surface area contributed by atoms with Gasteiger partial charge < -0.3 is 10.2 Å².